The number of non-ortho nitro benzene ring substituents is 1. The first-order valence-electron chi connectivity index (χ1n) is 7.55. The largest absolute Gasteiger partial charge is 0.326 e. The lowest BCUT2D eigenvalue weighted by atomic mass is 10.1. The molecule has 2 aromatic rings. The molecule has 0 spiro atoms. The van der Waals surface area contributed by atoms with Crippen LogP contribution in [0, 0.1) is 21.8 Å². The fourth-order valence-electron chi connectivity index (χ4n) is 2.70. The molecule has 0 radical (unpaired) electrons. The minimum Gasteiger partial charge on any atom is -0.326 e. The van der Waals surface area contributed by atoms with Crippen LogP contribution in [0.1, 0.15) is 6.42 Å². The second kappa shape index (κ2) is 6.68. The van der Waals surface area contributed by atoms with Crippen LogP contribution in [0.4, 0.5) is 21.5 Å². The van der Waals surface area contributed by atoms with E-state index in [1.165, 1.54) is 47.4 Å². The summed E-state index contributed by atoms with van der Waals surface area (Å²) in [5.74, 6) is -1.61. The maximum atomic E-state index is 13.0. The Morgan fingerprint density at radius 1 is 1.24 bits per heavy atom. The Hall–Kier alpha value is -3.29. The molecule has 0 aromatic heterocycles. The number of carbonyl (C=O) groups is 2. The highest BCUT2D eigenvalue weighted by Crippen LogP contribution is 2.26. The van der Waals surface area contributed by atoms with Gasteiger partial charge in [0.15, 0.2) is 0 Å². The van der Waals surface area contributed by atoms with Gasteiger partial charge < -0.3 is 10.2 Å². The molecule has 7 nitrogen and oxygen atoms in total. The lowest BCUT2D eigenvalue weighted by Crippen LogP contribution is -2.28. The number of hydrogen-bond acceptors (Lipinski definition) is 4. The Kier molecular flexibility index (Phi) is 4.42. The van der Waals surface area contributed by atoms with Gasteiger partial charge in [0.25, 0.3) is 5.69 Å². The molecule has 1 heterocycles. The molecular weight excluding hydrogens is 329 g/mol. The first-order chi connectivity index (χ1) is 11.9. The van der Waals surface area contributed by atoms with Gasteiger partial charge in [-0.15, -0.1) is 0 Å². The van der Waals surface area contributed by atoms with Gasteiger partial charge in [-0.1, -0.05) is 6.07 Å². The van der Waals surface area contributed by atoms with E-state index in [-0.39, 0.29) is 24.6 Å². The summed E-state index contributed by atoms with van der Waals surface area (Å²) in [6.45, 7) is 0.172. The average molecular weight is 343 g/mol. The molecule has 1 atom stereocenters. The molecule has 1 aliphatic heterocycles. The summed E-state index contributed by atoms with van der Waals surface area (Å²) in [5, 5.41) is 13.4. The molecule has 0 unspecified atom stereocenters. The zero-order valence-corrected chi connectivity index (χ0v) is 13.0. The molecule has 1 N–H and O–H groups in total. The van der Waals surface area contributed by atoms with E-state index in [1.54, 1.807) is 6.07 Å². The van der Waals surface area contributed by atoms with Crippen molar-refractivity contribution in [3.05, 3.63) is 64.5 Å². The Bertz CT molecular complexity index is 838. The van der Waals surface area contributed by atoms with Gasteiger partial charge in [0.1, 0.15) is 5.82 Å². The summed E-state index contributed by atoms with van der Waals surface area (Å²) < 4.78 is 13.0. The highest BCUT2D eigenvalue weighted by Gasteiger charge is 2.35. The summed E-state index contributed by atoms with van der Waals surface area (Å²) in [7, 11) is 0. The molecule has 0 aliphatic carbocycles. The number of anilines is 2. The van der Waals surface area contributed by atoms with Crippen molar-refractivity contribution in [1.29, 1.82) is 0 Å². The Labute approximate surface area is 142 Å². The summed E-state index contributed by atoms with van der Waals surface area (Å²) in [4.78, 5) is 36.1. The second-order valence-corrected chi connectivity index (χ2v) is 5.68. The molecule has 1 fully saturated rings. The number of benzene rings is 2. The van der Waals surface area contributed by atoms with E-state index in [1.807, 2.05) is 0 Å². The number of rotatable bonds is 4. The van der Waals surface area contributed by atoms with Crippen LogP contribution in [0.5, 0.6) is 0 Å². The van der Waals surface area contributed by atoms with Gasteiger partial charge in [-0.3, -0.25) is 19.7 Å². The highest BCUT2D eigenvalue weighted by atomic mass is 19.1. The van der Waals surface area contributed by atoms with Crippen molar-refractivity contribution in [2.24, 2.45) is 5.92 Å². The van der Waals surface area contributed by atoms with Gasteiger partial charge in [-0.05, 0) is 30.3 Å². The zero-order chi connectivity index (χ0) is 18.0. The van der Waals surface area contributed by atoms with Crippen molar-refractivity contribution in [3.63, 3.8) is 0 Å². The van der Waals surface area contributed by atoms with Gasteiger partial charge in [0, 0.05) is 36.5 Å². The smallest absolute Gasteiger partial charge is 0.271 e. The molecular formula is C17H14FN3O4. The predicted octanol–water partition coefficient (Wildman–Crippen LogP) is 2.73. The number of nitrogens with zero attached hydrogens (tertiary/aromatic N) is 2. The van der Waals surface area contributed by atoms with Crippen molar-refractivity contribution in [1.82, 2.24) is 0 Å². The van der Waals surface area contributed by atoms with Crippen LogP contribution in [-0.4, -0.2) is 23.3 Å². The van der Waals surface area contributed by atoms with Crippen LogP contribution < -0.4 is 10.2 Å². The molecule has 0 saturated carbocycles. The molecule has 8 heteroatoms. The minimum atomic E-state index is -0.586. The maximum absolute atomic E-state index is 13.0. The summed E-state index contributed by atoms with van der Waals surface area (Å²) in [6.07, 6.45) is 0.0259. The molecule has 1 aliphatic rings. The third kappa shape index (κ3) is 3.63. The van der Waals surface area contributed by atoms with Crippen LogP contribution in [0.25, 0.3) is 0 Å². The normalized spacial score (nSPS) is 16.8. The topological polar surface area (TPSA) is 92.5 Å². The lowest BCUT2D eigenvalue weighted by molar-refractivity contribution is -0.384. The van der Waals surface area contributed by atoms with Gasteiger partial charge in [-0.2, -0.15) is 0 Å². The molecule has 25 heavy (non-hydrogen) atoms. The second-order valence-electron chi connectivity index (χ2n) is 5.68. The van der Waals surface area contributed by atoms with Crippen molar-refractivity contribution in [2.45, 2.75) is 6.42 Å². The first-order valence-corrected chi connectivity index (χ1v) is 7.55. The van der Waals surface area contributed by atoms with Crippen molar-refractivity contribution < 1.29 is 18.9 Å². The highest BCUT2D eigenvalue weighted by molar-refractivity contribution is 6.03. The summed E-state index contributed by atoms with van der Waals surface area (Å²) in [5.41, 5.74) is 0.692. The van der Waals surface area contributed by atoms with Crippen LogP contribution in [0.2, 0.25) is 0 Å². The van der Waals surface area contributed by atoms with Crippen molar-refractivity contribution in [2.75, 3.05) is 16.8 Å². The number of nitrogens with one attached hydrogen (secondary N) is 1. The number of nitro benzene ring substituents is 1. The molecule has 2 aromatic carbocycles. The van der Waals surface area contributed by atoms with E-state index in [0.29, 0.717) is 11.4 Å². The fraction of sp³-hybridized carbons (Fsp3) is 0.176. The predicted molar refractivity (Wildman–Crippen MR) is 88.6 cm³/mol. The number of nitro groups is 1. The Morgan fingerprint density at radius 2 is 1.96 bits per heavy atom. The number of carbonyl (C=O) groups excluding carboxylic acids is 2. The summed E-state index contributed by atoms with van der Waals surface area (Å²) in [6, 6.07) is 11.1. The van der Waals surface area contributed by atoms with Crippen LogP contribution in [0.3, 0.4) is 0 Å². The van der Waals surface area contributed by atoms with E-state index in [2.05, 4.69) is 5.32 Å². The molecule has 0 bridgehead atoms. The lowest BCUT2D eigenvalue weighted by Gasteiger charge is -2.16. The monoisotopic (exact) mass is 343 g/mol. The van der Waals surface area contributed by atoms with Crippen molar-refractivity contribution in [3.8, 4) is 0 Å². The number of hydrogen-bond donors (Lipinski definition) is 1. The van der Waals surface area contributed by atoms with Crippen molar-refractivity contribution >= 4 is 28.9 Å². The molecule has 128 valence electrons. The standard InChI is InChI=1S/C17H14FN3O4/c18-12-4-6-14(7-5-12)20-10-11(8-16(20)22)17(23)19-13-2-1-3-15(9-13)21(24)25/h1-7,9,11H,8,10H2,(H,19,23)/t11-/m1/s1. The van der Waals surface area contributed by atoms with Crippen LogP contribution in [0.15, 0.2) is 48.5 Å². The molecule has 3 rings (SSSR count). The van der Waals surface area contributed by atoms with Crippen LogP contribution >= 0.6 is 0 Å². The van der Waals surface area contributed by atoms with Crippen LogP contribution in [-0.2, 0) is 9.59 Å². The Balaban J connectivity index is 1.69. The SMILES string of the molecule is O=C(Nc1cccc([N+](=O)[O-])c1)[C@@H]1CC(=O)N(c2ccc(F)cc2)C1. The molecule has 1 saturated heterocycles. The van der Waals surface area contributed by atoms with Gasteiger partial charge in [0.05, 0.1) is 10.8 Å². The third-order valence-electron chi connectivity index (χ3n) is 3.96. The van der Waals surface area contributed by atoms with Gasteiger partial charge >= 0.3 is 0 Å². The average Bonchev–Trinajstić information content (AvgIpc) is 2.98. The van der Waals surface area contributed by atoms with E-state index in [9.17, 15) is 24.1 Å². The third-order valence-corrected chi connectivity index (χ3v) is 3.96. The van der Waals surface area contributed by atoms with E-state index in [4.69, 9.17) is 0 Å². The molecule has 2 amide bonds. The van der Waals surface area contributed by atoms with Gasteiger partial charge in [0.2, 0.25) is 11.8 Å². The van der Waals surface area contributed by atoms with E-state index in [0.717, 1.165) is 0 Å². The fourth-order valence-corrected chi connectivity index (χ4v) is 2.70. The quantitative estimate of drug-likeness (QED) is 0.682. The minimum absolute atomic E-state index is 0.0259. The maximum Gasteiger partial charge on any atom is 0.271 e. The van der Waals surface area contributed by atoms with E-state index >= 15 is 0 Å². The summed E-state index contributed by atoms with van der Waals surface area (Å²) >= 11 is 0. The Morgan fingerprint density at radius 3 is 2.64 bits per heavy atom. The van der Waals surface area contributed by atoms with E-state index < -0.39 is 22.6 Å². The number of amides is 2. The van der Waals surface area contributed by atoms with Gasteiger partial charge in [-0.25, -0.2) is 4.39 Å². The zero-order valence-electron chi connectivity index (χ0n) is 13.0. The first kappa shape index (κ1) is 16.6. The number of halogens is 1.